The summed E-state index contributed by atoms with van der Waals surface area (Å²) in [4.78, 5) is 26.8. The molecule has 1 N–H and O–H groups in total. The number of ether oxygens (including phenoxy) is 1. The summed E-state index contributed by atoms with van der Waals surface area (Å²) in [5.74, 6) is -1.56. The number of nitrogens with zero attached hydrogens (tertiary/aromatic N) is 1. The lowest BCUT2D eigenvalue weighted by atomic mass is 10.2. The van der Waals surface area contributed by atoms with Crippen LogP contribution in [0, 0.1) is 5.82 Å². The van der Waals surface area contributed by atoms with E-state index in [9.17, 15) is 14.0 Å². The second kappa shape index (κ2) is 7.16. The van der Waals surface area contributed by atoms with Crippen LogP contribution >= 0.6 is 0 Å². The van der Waals surface area contributed by atoms with E-state index < -0.39 is 17.7 Å². The van der Waals surface area contributed by atoms with E-state index in [0.29, 0.717) is 5.56 Å². The molecule has 0 aliphatic carbocycles. The van der Waals surface area contributed by atoms with Crippen molar-refractivity contribution in [3.63, 3.8) is 0 Å². The first-order valence-corrected chi connectivity index (χ1v) is 6.45. The van der Waals surface area contributed by atoms with Crippen molar-refractivity contribution >= 4 is 24.0 Å². The number of amides is 1. The summed E-state index contributed by atoms with van der Waals surface area (Å²) in [6.45, 7) is 1.88. The second-order valence-corrected chi connectivity index (χ2v) is 4.14. The van der Waals surface area contributed by atoms with E-state index in [-0.39, 0.29) is 18.3 Å². The van der Waals surface area contributed by atoms with Crippen molar-refractivity contribution < 1.29 is 23.1 Å². The molecule has 1 aromatic heterocycles. The number of benzene rings is 1. The van der Waals surface area contributed by atoms with Gasteiger partial charge < -0.3 is 9.15 Å². The summed E-state index contributed by atoms with van der Waals surface area (Å²) in [7, 11) is 0. The van der Waals surface area contributed by atoms with Crippen LogP contribution in [-0.2, 0) is 9.53 Å². The molecule has 1 aromatic carbocycles. The van der Waals surface area contributed by atoms with Gasteiger partial charge in [0.15, 0.2) is 5.69 Å². The van der Waals surface area contributed by atoms with Gasteiger partial charge in [0.1, 0.15) is 12.1 Å². The average molecular weight is 304 g/mol. The molecule has 0 aliphatic heterocycles. The molecule has 2 aromatic rings. The number of carbonyl (C=O) groups is 2. The van der Waals surface area contributed by atoms with Crippen LogP contribution in [0.3, 0.4) is 0 Å². The first kappa shape index (κ1) is 15.4. The highest BCUT2D eigenvalue weighted by molar-refractivity contribution is 6.01. The van der Waals surface area contributed by atoms with Crippen LogP contribution in [0.15, 0.2) is 41.0 Å². The van der Waals surface area contributed by atoms with Crippen LogP contribution in [0.2, 0.25) is 0 Å². The SMILES string of the molecule is CCOC(=O)c1coc(NC(=O)/C=C/c2cccc(F)c2)n1. The van der Waals surface area contributed by atoms with Gasteiger partial charge in [0, 0.05) is 6.08 Å². The highest BCUT2D eigenvalue weighted by Crippen LogP contribution is 2.09. The summed E-state index contributed by atoms with van der Waals surface area (Å²) in [5, 5.41) is 2.34. The van der Waals surface area contributed by atoms with Gasteiger partial charge in [0.2, 0.25) is 0 Å². The Balaban J connectivity index is 1.96. The Morgan fingerprint density at radius 1 is 1.45 bits per heavy atom. The average Bonchev–Trinajstić information content (AvgIpc) is 2.94. The van der Waals surface area contributed by atoms with Crippen LogP contribution < -0.4 is 5.32 Å². The van der Waals surface area contributed by atoms with E-state index in [1.165, 1.54) is 30.4 Å². The van der Waals surface area contributed by atoms with E-state index in [0.717, 1.165) is 6.26 Å². The first-order valence-electron chi connectivity index (χ1n) is 6.45. The van der Waals surface area contributed by atoms with Crippen molar-refractivity contribution in [2.45, 2.75) is 6.92 Å². The van der Waals surface area contributed by atoms with E-state index in [1.54, 1.807) is 13.0 Å². The Morgan fingerprint density at radius 3 is 3.00 bits per heavy atom. The maximum absolute atomic E-state index is 13.0. The van der Waals surface area contributed by atoms with E-state index in [4.69, 9.17) is 9.15 Å². The number of nitrogens with one attached hydrogen (secondary N) is 1. The van der Waals surface area contributed by atoms with E-state index >= 15 is 0 Å². The van der Waals surface area contributed by atoms with Crippen molar-refractivity contribution in [2.75, 3.05) is 11.9 Å². The second-order valence-electron chi connectivity index (χ2n) is 4.14. The molecule has 0 fully saturated rings. The largest absolute Gasteiger partial charge is 0.461 e. The van der Waals surface area contributed by atoms with E-state index in [2.05, 4.69) is 10.3 Å². The third-order valence-corrected chi connectivity index (χ3v) is 2.49. The molecule has 1 amide bonds. The van der Waals surface area contributed by atoms with Crippen LogP contribution in [0.5, 0.6) is 0 Å². The highest BCUT2D eigenvalue weighted by Gasteiger charge is 2.13. The quantitative estimate of drug-likeness (QED) is 0.678. The number of rotatable bonds is 5. The normalized spacial score (nSPS) is 10.6. The maximum atomic E-state index is 13.0. The van der Waals surface area contributed by atoms with Gasteiger partial charge in [0.05, 0.1) is 6.61 Å². The Hall–Kier alpha value is -2.96. The minimum atomic E-state index is -0.637. The van der Waals surface area contributed by atoms with Crippen LogP contribution in [-0.4, -0.2) is 23.5 Å². The fourth-order valence-electron chi connectivity index (χ4n) is 1.56. The molecule has 2 rings (SSSR count). The van der Waals surface area contributed by atoms with Gasteiger partial charge in [-0.1, -0.05) is 12.1 Å². The monoisotopic (exact) mass is 304 g/mol. The van der Waals surface area contributed by atoms with Crippen molar-refractivity contribution in [1.29, 1.82) is 0 Å². The number of anilines is 1. The Morgan fingerprint density at radius 2 is 2.27 bits per heavy atom. The maximum Gasteiger partial charge on any atom is 0.360 e. The van der Waals surface area contributed by atoms with Gasteiger partial charge in [-0.25, -0.2) is 9.18 Å². The molecule has 114 valence electrons. The predicted molar refractivity (Wildman–Crippen MR) is 76.5 cm³/mol. The summed E-state index contributed by atoms with van der Waals surface area (Å²) in [6, 6.07) is 5.65. The van der Waals surface area contributed by atoms with Crippen molar-refractivity contribution in [3.8, 4) is 0 Å². The number of halogens is 1. The summed E-state index contributed by atoms with van der Waals surface area (Å²) in [6.07, 6.45) is 3.72. The molecular formula is C15H13FN2O4. The molecule has 0 spiro atoms. The topological polar surface area (TPSA) is 81.4 Å². The van der Waals surface area contributed by atoms with E-state index in [1.807, 2.05) is 0 Å². The minimum absolute atomic E-state index is 0.0359. The Kier molecular flexibility index (Phi) is 5.02. The summed E-state index contributed by atoms with van der Waals surface area (Å²) >= 11 is 0. The lowest BCUT2D eigenvalue weighted by molar-refractivity contribution is -0.112. The number of carbonyl (C=O) groups excluding carboxylic acids is 2. The zero-order chi connectivity index (χ0) is 15.9. The zero-order valence-electron chi connectivity index (χ0n) is 11.7. The van der Waals surface area contributed by atoms with Crippen LogP contribution in [0.25, 0.3) is 6.08 Å². The number of esters is 1. The Bertz CT molecular complexity index is 709. The molecular weight excluding hydrogens is 291 g/mol. The molecule has 1 heterocycles. The number of hydrogen-bond acceptors (Lipinski definition) is 5. The minimum Gasteiger partial charge on any atom is -0.461 e. The van der Waals surface area contributed by atoms with Crippen molar-refractivity contribution in [3.05, 3.63) is 53.7 Å². The van der Waals surface area contributed by atoms with Gasteiger partial charge in [-0.2, -0.15) is 4.98 Å². The molecule has 0 aliphatic rings. The van der Waals surface area contributed by atoms with Crippen molar-refractivity contribution in [1.82, 2.24) is 4.98 Å². The van der Waals surface area contributed by atoms with Gasteiger partial charge in [0.25, 0.3) is 5.91 Å². The van der Waals surface area contributed by atoms with Gasteiger partial charge in [-0.3, -0.25) is 10.1 Å². The third kappa shape index (κ3) is 4.27. The lowest BCUT2D eigenvalue weighted by Gasteiger charge is -1.96. The summed E-state index contributed by atoms with van der Waals surface area (Å²) in [5.41, 5.74) is 0.501. The third-order valence-electron chi connectivity index (χ3n) is 2.49. The standard InChI is InChI=1S/C15H13FN2O4/c1-2-21-14(20)12-9-22-15(17-12)18-13(19)7-6-10-4-3-5-11(16)8-10/h3-9H,2H2,1H3,(H,17,18,19)/b7-6+. The van der Waals surface area contributed by atoms with Gasteiger partial charge in [-0.15, -0.1) is 0 Å². The molecule has 0 unspecified atom stereocenters. The fourth-order valence-corrected chi connectivity index (χ4v) is 1.56. The molecule has 6 nitrogen and oxygen atoms in total. The molecule has 0 radical (unpaired) electrons. The first-order chi connectivity index (χ1) is 10.6. The molecule has 22 heavy (non-hydrogen) atoms. The van der Waals surface area contributed by atoms with Gasteiger partial charge in [-0.05, 0) is 30.7 Å². The number of hydrogen-bond donors (Lipinski definition) is 1. The Labute approximate surface area is 125 Å². The van der Waals surface area contributed by atoms with Crippen LogP contribution in [0.4, 0.5) is 10.4 Å². The molecule has 0 atom stereocenters. The fraction of sp³-hybridized carbons (Fsp3) is 0.133. The zero-order valence-corrected chi connectivity index (χ0v) is 11.7. The predicted octanol–water partition coefficient (Wildman–Crippen LogP) is 2.64. The molecule has 0 saturated heterocycles. The molecule has 0 saturated carbocycles. The molecule has 0 bridgehead atoms. The number of oxazole rings is 1. The lowest BCUT2D eigenvalue weighted by Crippen LogP contribution is -2.09. The van der Waals surface area contributed by atoms with Gasteiger partial charge >= 0.3 is 12.0 Å². The highest BCUT2D eigenvalue weighted by atomic mass is 19.1. The van der Waals surface area contributed by atoms with Crippen LogP contribution in [0.1, 0.15) is 23.0 Å². The number of aromatic nitrogens is 1. The smallest absolute Gasteiger partial charge is 0.360 e. The molecule has 7 heteroatoms. The summed E-state index contributed by atoms with van der Waals surface area (Å²) < 4.78 is 22.7. The van der Waals surface area contributed by atoms with Crippen molar-refractivity contribution in [2.24, 2.45) is 0 Å².